The van der Waals surface area contributed by atoms with Crippen LogP contribution in [0.1, 0.15) is 29.3 Å². The summed E-state index contributed by atoms with van der Waals surface area (Å²) in [7, 11) is 0. The van der Waals surface area contributed by atoms with Crippen LogP contribution in [0.3, 0.4) is 0 Å². The Bertz CT molecular complexity index is 641. The third-order valence-corrected chi connectivity index (χ3v) is 4.90. The first-order valence-electron chi connectivity index (χ1n) is 7.07. The van der Waals surface area contributed by atoms with E-state index < -0.39 is 0 Å². The largest absolute Gasteiger partial charge is 0.325 e. The standard InChI is InChI=1S/C16H17ClN2OS/c17-11-3-1-4-12(9-11)19-16(20)10-18-14-5-2-6-15-13(14)7-8-21-15/h1,3-4,7-9,14,18H,2,5-6,10H2,(H,19,20). The molecule has 0 radical (unpaired) electrons. The third kappa shape index (κ3) is 3.64. The monoisotopic (exact) mass is 320 g/mol. The Balaban J connectivity index is 1.55. The number of halogens is 1. The summed E-state index contributed by atoms with van der Waals surface area (Å²) in [5.41, 5.74) is 2.09. The van der Waals surface area contributed by atoms with Crippen molar-refractivity contribution in [3.8, 4) is 0 Å². The van der Waals surface area contributed by atoms with E-state index in [1.807, 2.05) is 23.5 Å². The summed E-state index contributed by atoms with van der Waals surface area (Å²) < 4.78 is 0. The van der Waals surface area contributed by atoms with Crippen LogP contribution < -0.4 is 10.6 Å². The summed E-state index contributed by atoms with van der Waals surface area (Å²) in [5.74, 6) is -0.0420. The summed E-state index contributed by atoms with van der Waals surface area (Å²) >= 11 is 7.72. The van der Waals surface area contributed by atoms with Crippen LogP contribution in [0.15, 0.2) is 35.7 Å². The van der Waals surface area contributed by atoms with Gasteiger partial charge in [0, 0.05) is 21.6 Å². The van der Waals surface area contributed by atoms with Crippen molar-refractivity contribution in [3.05, 3.63) is 51.2 Å². The molecule has 2 aromatic rings. The van der Waals surface area contributed by atoms with Crippen LogP contribution in [-0.4, -0.2) is 12.5 Å². The first kappa shape index (κ1) is 14.6. The first-order chi connectivity index (χ1) is 10.2. The zero-order valence-corrected chi connectivity index (χ0v) is 13.1. The fraction of sp³-hybridized carbons (Fsp3) is 0.312. The van der Waals surface area contributed by atoms with Gasteiger partial charge in [-0.25, -0.2) is 0 Å². The minimum Gasteiger partial charge on any atom is -0.325 e. The molecule has 0 aliphatic heterocycles. The molecule has 5 heteroatoms. The smallest absolute Gasteiger partial charge is 0.238 e. The second-order valence-electron chi connectivity index (χ2n) is 5.18. The Morgan fingerprint density at radius 2 is 2.29 bits per heavy atom. The minimum atomic E-state index is -0.0420. The van der Waals surface area contributed by atoms with Gasteiger partial charge in [-0.1, -0.05) is 17.7 Å². The van der Waals surface area contributed by atoms with E-state index in [2.05, 4.69) is 22.1 Å². The van der Waals surface area contributed by atoms with Crippen molar-refractivity contribution in [3.63, 3.8) is 0 Å². The van der Waals surface area contributed by atoms with Crippen molar-refractivity contribution in [2.24, 2.45) is 0 Å². The Morgan fingerprint density at radius 1 is 1.38 bits per heavy atom. The maximum Gasteiger partial charge on any atom is 0.238 e. The Hall–Kier alpha value is -1.36. The molecule has 1 heterocycles. The minimum absolute atomic E-state index is 0.0420. The molecular formula is C16H17ClN2OS. The Morgan fingerprint density at radius 3 is 3.14 bits per heavy atom. The summed E-state index contributed by atoms with van der Waals surface area (Å²) in [6, 6.07) is 9.66. The lowest BCUT2D eigenvalue weighted by molar-refractivity contribution is -0.115. The molecule has 1 amide bonds. The molecule has 2 N–H and O–H groups in total. The molecule has 1 aromatic heterocycles. The van der Waals surface area contributed by atoms with Crippen molar-refractivity contribution in [2.45, 2.75) is 25.3 Å². The molecule has 0 saturated heterocycles. The van der Waals surface area contributed by atoms with Crippen molar-refractivity contribution in [1.29, 1.82) is 0 Å². The van der Waals surface area contributed by atoms with Gasteiger partial charge in [0.1, 0.15) is 0 Å². The molecule has 3 rings (SSSR count). The lowest BCUT2D eigenvalue weighted by Crippen LogP contribution is -2.32. The van der Waals surface area contributed by atoms with E-state index in [9.17, 15) is 4.79 Å². The molecule has 1 aliphatic carbocycles. The summed E-state index contributed by atoms with van der Waals surface area (Å²) in [6.45, 7) is 0.312. The second-order valence-corrected chi connectivity index (χ2v) is 6.62. The molecular weight excluding hydrogens is 304 g/mol. The third-order valence-electron chi connectivity index (χ3n) is 3.67. The Kier molecular flexibility index (Phi) is 4.58. The quantitative estimate of drug-likeness (QED) is 0.893. The molecule has 1 atom stereocenters. The molecule has 3 nitrogen and oxygen atoms in total. The summed E-state index contributed by atoms with van der Waals surface area (Å²) in [6.07, 6.45) is 3.44. The first-order valence-corrected chi connectivity index (χ1v) is 8.33. The topological polar surface area (TPSA) is 41.1 Å². The second kappa shape index (κ2) is 6.60. The maximum atomic E-state index is 12.0. The zero-order chi connectivity index (χ0) is 14.7. The fourth-order valence-corrected chi connectivity index (χ4v) is 3.86. The predicted octanol–water partition coefficient (Wildman–Crippen LogP) is 4.01. The van der Waals surface area contributed by atoms with Gasteiger partial charge in [-0.15, -0.1) is 11.3 Å². The highest BCUT2D eigenvalue weighted by molar-refractivity contribution is 7.10. The molecule has 0 spiro atoms. The fourth-order valence-electron chi connectivity index (χ4n) is 2.69. The Labute approximate surface area is 133 Å². The van der Waals surface area contributed by atoms with Gasteiger partial charge in [-0.05, 0) is 54.5 Å². The van der Waals surface area contributed by atoms with Crippen LogP contribution in [0.2, 0.25) is 5.02 Å². The zero-order valence-electron chi connectivity index (χ0n) is 11.6. The van der Waals surface area contributed by atoms with Gasteiger partial charge >= 0.3 is 0 Å². The number of rotatable bonds is 4. The number of carbonyl (C=O) groups excluding carboxylic acids is 1. The molecule has 110 valence electrons. The van der Waals surface area contributed by atoms with Gasteiger partial charge in [0.05, 0.1) is 6.54 Å². The normalized spacial score (nSPS) is 17.3. The van der Waals surface area contributed by atoms with Gasteiger partial charge in [-0.2, -0.15) is 0 Å². The van der Waals surface area contributed by atoms with Crippen molar-refractivity contribution < 1.29 is 4.79 Å². The van der Waals surface area contributed by atoms with Crippen LogP contribution >= 0.6 is 22.9 Å². The van der Waals surface area contributed by atoms with Crippen LogP contribution in [-0.2, 0) is 11.2 Å². The number of anilines is 1. The van der Waals surface area contributed by atoms with E-state index >= 15 is 0 Å². The maximum absolute atomic E-state index is 12.0. The predicted molar refractivity (Wildman–Crippen MR) is 88.1 cm³/mol. The van der Waals surface area contributed by atoms with Crippen LogP contribution in [0.25, 0.3) is 0 Å². The molecule has 1 aliphatic rings. The highest BCUT2D eigenvalue weighted by Gasteiger charge is 2.21. The van der Waals surface area contributed by atoms with Crippen LogP contribution in [0, 0.1) is 0 Å². The van der Waals surface area contributed by atoms with E-state index in [1.54, 1.807) is 12.1 Å². The van der Waals surface area contributed by atoms with E-state index in [0.717, 1.165) is 12.1 Å². The van der Waals surface area contributed by atoms with Gasteiger partial charge in [0.25, 0.3) is 0 Å². The van der Waals surface area contributed by atoms with Gasteiger partial charge in [0.2, 0.25) is 5.91 Å². The number of amides is 1. The number of hydrogen-bond donors (Lipinski definition) is 2. The van der Waals surface area contributed by atoms with Crippen LogP contribution in [0.4, 0.5) is 5.69 Å². The number of benzene rings is 1. The van der Waals surface area contributed by atoms with E-state index in [4.69, 9.17) is 11.6 Å². The average molecular weight is 321 g/mol. The van der Waals surface area contributed by atoms with E-state index in [-0.39, 0.29) is 5.91 Å². The number of aryl methyl sites for hydroxylation is 1. The highest BCUT2D eigenvalue weighted by Crippen LogP contribution is 2.33. The van der Waals surface area contributed by atoms with Gasteiger partial charge < -0.3 is 10.6 Å². The lowest BCUT2D eigenvalue weighted by atomic mass is 9.94. The number of hydrogen-bond acceptors (Lipinski definition) is 3. The van der Waals surface area contributed by atoms with Gasteiger partial charge in [-0.3, -0.25) is 4.79 Å². The number of fused-ring (bicyclic) bond motifs is 1. The number of nitrogens with one attached hydrogen (secondary N) is 2. The molecule has 1 aromatic carbocycles. The van der Waals surface area contributed by atoms with Crippen molar-refractivity contribution in [1.82, 2.24) is 5.32 Å². The van der Waals surface area contributed by atoms with Crippen molar-refractivity contribution >= 4 is 34.5 Å². The summed E-state index contributed by atoms with van der Waals surface area (Å²) in [4.78, 5) is 13.5. The number of thiophene rings is 1. The molecule has 0 fully saturated rings. The molecule has 0 bridgehead atoms. The molecule has 0 saturated carbocycles. The van der Waals surface area contributed by atoms with E-state index in [1.165, 1.54) is 23.3 Å². The average Bonchev–Trinajstić information content (AvgIpc) is 2.94. The number of carbonyl (C=O) groups is 1. The SMILES string of the molecule is O=C(CNC1CCCc2sccc21)Nc1cccc(Cl)c1. The van der Waals surface area contributed by atoms with E-state index in [0.29, 0.717) is 17.6 Å². The van der Waals surface area contributed by atoms with Crippen molar-refractivity contribution in [2.75, 3.05) is 11.9 Å². The van der Waals surface area contributed by atoms with Crippen LogP contribution in [0.5, 0.6) is 0 Å². The summed E-state index contributed by atoms with van der Waals surface area (Å²) in [5, 5.41) is 8.97. The lowest BCUT2D eigenvalue weighted by Gasteiger charge is -2.23. The molecule has 21 heavy (non-hydrogen) atoms. The highest BCUT2D eigenvalue weighted by atomic mass is 35.5. The van der Waals surface area contributed by atoms with Gasteiger partial charge in [0.15, 0.2) is 0 Å². The molecule has 1 unspecified atom stereocenters.